The van der Waals surface area contributed by atoms with Crippen molar-refractivity contribution in [2.75, 3.05) is 5.32 Å². The maximum atomic E-state index is 13.2. The second-order valence-electron chi connectivity index (χ2n) is 3.75. The molecule has 0 aliphatic carbocycles. The lowest BCUT2D eigenvalue weighted by atomic mass is 10.2. The number of carbonyl (C=O) groups is 1. The first-order chi connectivity index (χ1) is 9.45. The third-order valence-corrected chi connectivity index (χ3v) is 2.75. The average Bonchev–Trinajstić information content (AvgIpc) is 2.37. The molecule has 0 spiro atoms. The molecular formula is C12H7BrFN3O3. The second-order valence-corrected chi connectivity index (χ2v) is 4.57. The first-order valence-corrected chi connectivity index (χ1v) is 6.14. The molecule has 2 rings (SSSR count). The van der Waals surface area contributed by atoms with E-state index in [1.165, 1.54) is 6.07 Å². The number of halogens is 2. The minimum absolute atomic E-state index is 0.154. The van der Waals surface area contributed by atoms with E-state index in [1.807, 2.05) is 0 Å². The third kappa shape index (κ3) is 3.35. The number of nitro groups is 1. The Labute approximate surface area is 120 Å². The van der Waals surface area contributed by atoms with Crippen LogP contribution in [0, 0.1) is 15.9 Å². The molecule has 8 heteroatoms. The van der Waals surface area contributed by atoms with Gasteiger partial charge in [-0.05, 0) is 34.1 Å². The van der Waals surface area contributed by atoms with Crippen molar-refractivity contribution in [2.24, 2.45) is 0 Å². The summed E-state index contributed by atoms with van der Waals surface area (Å²) in [4.78, 5) is 25.7. The Balaban J connectivity index is 2.27. The first-order valence-electron chi connectivity index (χ1n) is 5.34. The molecule has 0 aliphatic heterocycles. The van der Waals surface area contributed by atoms with E-state index in [2.05, 4.69) is 26.2 Å². The van der Waals surface area contributed by atoms with Gasteiger partial charge in [0.15, 0.2) is 0 Å². The topological polar surface area (TPSA) is 85.1 Å². The van der Waals surface area contributed by atoms with Crippen LogP contribution in [0.4, 0.5) is 15.9 Å². The fraction of sp³-hybridized carbons (Fsp3) is 0. The summed E-state index contributed by atoms with van der Waals surface area (Å²) in [6, 6.07) is 7.52. The molecule has 2 aromatic rings. The lowest BCUT2D eigenvalue weighted by Crippen LogP contribution is -2.13. The van der Waals surface area contributed by atoms with Gasteiger partial charge in [-0.25, -0.2) is 9.37 Å². The van der Waals surface area contributed by atoms with Gasteiger partial charge < -0.3 is 5.32 Å². The van der Waals surface area contributed by atoms with Gasteiger partial charge in [-0.3, -0.25) is 14.9 Å². The van der Waals surface area contributed by atoms with Gasteiger partial charge >= 0.3 is 0 Å². The Morgan fingerprint density at radius 2 is 2.10 bits per heavy atom. The van der Waals surface area contributed by atoms with E-state index < -0.39 is 22.3 Å². The summed E-state index contributed by atoms with van der Waals surface area (Å²) in [5, 5.41) is 13.0. The molecule has 0 unspecified atom stereocenters. The average molecular weight is 340 g/mol. The predicted molar refractivity (Wildman–Crippen MR) is 72.9 cm³/mol. The molecule has 0 radical (unpaired) electrons. The van der Waals surface area contributed by atoms with Crippen molar-refractivity contribution in [3.8, 4) is 0 Å². The molecule has 1 aromatic heterocycles. The molecule has 0 bridgehead atoms. The van der Waals surface area contributed by atoms with Crippen LogP contribution in [-0.2, 0) is 0 Å². The Morgan fingerprint density at radius 1 is 1.35 bits per heavy atom. The molecule has 0 atom stereocenters. The molecule has 1 N–H and O–H groups in total. The number of hydrogen-bond acceptors (Lipinski definition) is 4. The number of pyridine rings is 1. The van der Waals surface area contributed by atoms with E-state index in [4.69, 9.17) is 0 Å². The zero-order valence-corrected chi connectivity index (χ0v) is 11.4. The van der Waals surface area contributed by atoms with E-state index in [9.17, 15) is 19.3 Å². The lowest BCUT2D eigenvalue weighted by Gasteiger charge is -2.05. The van der Waals surface area contributed by atoms with Gasteiger partial charge in [0.1, 0.15) is 16.2 Å². The molecule has 0 saturated carbocycles. The number of rotatable bonds is 3. The number of aromatic nitrogens is 1. The summed E-state index contributed by atoms with van der Waals surface area (Å²) in [5.41, 5.74) is -0.643. The fourth-order valence-electron chi connectivity index (χ4n) is 1.48. The van der Waals surface area contributed by atoms with Crippen molar-refractivity contribution in [1.29, 1.82) is 0 Å². The van der Waals surface area contributed by atoms with E-state index in [0.29, 0.717) is 4.60 Å². The van der Waals surface area contributed by atoms with Crippen LogP contribution < -0.4 is 5.32 Å². The van der Waals surface area contributed by atoms with Gasteiger partial charge in [-0.15, -0.1) is 0 Å². The summed E-state index contributed by atoms with van der Waals surface area (Å²) in [5.74, 6) is -1.29. The molecule has 1 aromatic carbocycles. The molecule has 0 saturated heterocycles. The number of carbonyl (C=O) groups excluding carboxylic acids is 1. The number of hydrogen-bond donors (Lipinski definition) is 1. The molecule has 1 amide bonds. The molecule has 20 heavy (non-hydrogen) atoms. The monoisotopic (exact) mass is 339 g/mol. The number of non-ortho nitro benzene ring substituents is 1. The van der Waals surface area contributed by atoms with Crippen LogP contribution in [-0.4, -0.2) is 15.8 Å². The Bertz CT molecular complexity index is 693. The molecule has 0 fully saturated rings. The number of amides is 1. The highest BCUT2D eigenvalue weighted by atomic mass is 79.9. The minimum atomic E-state index is -0.855. The van der Waals surface area contributed by atoms with Crippen LogP contribution in [0.15, 0.2) is 41.0 Å². The summed E-state index contributed by atoms with van der Waals surface area (Å²) in [6.45, 7) is 0. The predicted octanol–water partition coefficient (Wildman–Crippen LogP) is 3.14. The van der Waals surface area contributed by atoms with Crippen LogP contribution in [0.1, 0.15) is 10.4 Å². The fourth-order valence-corrected chi connectivity index (χ4v) is 1.82. The third-order valence-electron chi connectivity index (χ3n) is 2.31. The van der Waals surface area contributed by atoms with Crippen molar-refractivity contribution in [1.82, 2.24) is 4.98 Å². The van der Waals surface area contributed by atoms with Gasteiger partial charge in [-0.1, -0.05) is 6.07 Å². The summed E-state index contributed by atoms with van der Waals surface area (Å²) in [7, 11) is 0. The van der Waals surface area contributed by atoms with E-state index in [0.717, 1.165) is 18.2 Å². The van der Waals surface area contributed by atoms with Crippen molar-refractivity contribution >= 4 is 33.3 Å². The van der Waals surface area contributed by atoms with E-state index >= 15 is 0 Å². The highest BCUT2D eigenvalue weighted by Crippen LogP contribution is 2.18. The summed E-state index contributed by atoms with van der Waals surface area (Å²) in [6.07, 6.45) is 0. The van der Waals surface area contributed by atoms with E-state index in [1.54, 1.807) is 12.1 Å². The molecule has 0 aliphatic rings. The number of nitro benzene ring substituents is 1. The Kier molecular flexibility index (Phi) is 4.04. The van der Waals surface area contributed by atoms with Crippen LogP contribution in [0.25, 0.3) is 0 Å². The van der Waals surface area contributed by atoms with Crippen LogP contribution in [0.2, 0.25) is 0 Å². The lowest BCUT2D eigenvalue weighted by molar-refractivity contribution is -0.385. The number of benzene rings is 1. The quantitative estimate of drug-likeness (QED) is 0.528. The van der Waals surface area contributed by atoms with Crippen molar-refractivity contribution in [3.05, 3.63) is 62.5 Å². The SMILES string of the molecule is O=C(Nc1cccc(Br)n1)c1cc(F)cc([N+](=O)[O-])c1. The van der Waals surface area contributed by atoms with Crippen molar-refractivity contribution in [3.63, 3.8) is 0 Å². The number of nitrogens with zero attached hydrogens (tertiary/aromatic N) is 2. The maximum absolute atomic E-state index is 13.2. The smallest absolute Gasteiger partial charge is 0.273 e. The molecular weight excluding hydrogens is 333 g/mol. The molecule has 1 heterocycles. The summed E-state index contributed by atoms with van der Waals surface area (Å²) >= 11 is 3.14. The molecule has 102 valence electrons. The minimum Gasteiger partial charge on any atom is -0.307 e. The Hall–Kier alpha value is -2.35. The van der Waals surface area contributed by atoms with Crippen molar-refractivity contribution in [2.45, 2.75) is 0 Å². The van der Waals surface area contributed by atoms with Gasteiger partial charge in [0, 0.05) is 11.6 Å². The highest BCUT2D eigenvalue weighted by molar-refractivity contribution is 9.10. The van der Waals surface area contributed by atoms with Gasteiger partial charge in [0.25, 0.3) is 11.6 Å². The van der Waals surface area contributed by atoms with Crippen molar-refractivity contribution < 1.29 is 14.1 Å². The second kappa shape index (κ2) is 5.74. The standard InChI is InChI=1S/C12H7BrFN3O3/c13-10-2-1-3-11(15-10)16-12(18)7-4-8(14)6-9(5-7)17(19)20/h1-6H,(H,15,16,18). The largest absolute Gasteiger partial charge is 0.307 e. The van der Waals surface area contributed by atoms with Gasteiger partial charge in [0.2, 0.25) is 0 Å². The number of nitrogens with one attached hydrogen (secondary N) is 1. The van der Waals surface area contributed by atoms with Crippen LogP contribution in [0.5, 0.6) is 0 Å². The number of anilines is 1. The molecule has 6 nitrogen and oxygen atoms in total. The maximum Gasteiger partial charge on any atom is 0.273 e. The zero-order valence-electron chi connectivity index (χ0n) is 9.84. The van der Waals surface area contributed by atoms with E-state index in [-0.39, 0.29) is 11.4 Å². The van der Waals surface area contributed by atoms with Crippen LogP contribution in [0.3, 0.4) is 0 Å². The van der Waals surface area contributed by atoms with Gasteiger partial charge in [-0.2, -0.15) is 0 Å². The van der Waals surface area contributed by atoms with Gasteiger partial charge in [0.05, 0.1) is 11.0 Å². The van der Waals surface area contributed by atoms with Crippen LogP contribution >= 0.6 is 15.9 Å². The zero-order chi connectivity index (χ0) is 14.7. The highest BCUT2D eigenvalue weighted by Gasteiger charge is 2.15. The Morgan fingerprint density at radius 3 is 2.75 bits per heavy atom. The summed E-state index contributed by atoms with van der Waals surface area (Å²) < 4.78 is 13.8. The first kappa shape index (κ1) is 14.1. The normalized spacial score (nSPS) is 10.1.